The van der Waals surface area contributed by atoms with Crippen LogP contribution in [-0.4, -0.2) is 20.4 Å². The molecule has 0 radical (unpaired) electrons. The SMILES string of the molecule is Cc1cccc(C(=O)Nc2ccc(S(=O)(=O)N[C@H](C)[C@@H]3C[C@@H]4CC[C@@H]3C4)cc2)c1. The van der Waals surface area contributed by atoms with Gasteiger partial charge < -0.3 is 5.32 Å². The second-order valence-electron chi connectivity index (χ2n) is 8.60. The Morgan fingerprint density at radius 1 is 1.07 bits per heavy atom. The summed E-state index contributed by atoms with van der Waals surface area (Å²) in [6, 6.07) is 13.6. The summed E-state index contributed by atoms with van der Waals surface area (Å²) in [6.07, 6.45) is 4.93. The van der Waals surface area contributed by atoms with Crippen LogP contribution >= 0.6 is 0 Å². The first kappa shape index (κ1) is 20.1. The zero-order valence-electron chi connectivity index (χ0n) is 16.9. The maximum Gasteiger partial charge on any atom is 0.255 e. The lowest BCUT2D eigenvalue weighted by molar-refractivity contribution is 0.102. The molecular weight excluding hydrogens is 384 g/mol. The van der Waals surface area contributed by atoms with E-state index in [2.05, 4.69) is 10.0 Å². The van der Waals surface area contributed by atoms with Gasteiger partial charge in [0, 0.05) is 17.3 Å². The normalized spacial score (nSPS) is 24.4. The van der Waals surface area contributed by atoms with Crippen LogP contribution < -0.4 is 10.0 Å². The van der Waals surface area contributed by atoms with Crippen LogP contribution in [0, 0.1) is 24.7 Å². The predicted octanol–water partition coefficient (Wildman–Crippen LogP) is 4.35. The number of benzene rings is 2. The van der Waals surface area contributed by atoms with Crippen molar-refractivity contribution >= 4 is 21.6 Å². The van der Waals surface area contributed by atoms with Crippen LogP contribution in [0.3, 0.4) is 0 Å². The fraction of sp³-hybridized carbons (Fsp3) is 0.435. The molecule has 0 heterocycles. The molecule has 2 N–H and O–H groups in total. The number of carbonyl (C=O) groups is 1. The molecule has 2 aromatic carbocycles. The minimum Gasteiger partial charge on any atom is -0.322 e. The molecule has 1 amide bonds. The molecule has 154 valence electrons. The fourth-order valence-electron chi connectivity index (χ4n) is 5.01. The van der Waals surface area contributed by atoms with Crippen LogP contribution in [0.2, 0.25) is 0 Å². The first-order valence-corrected chi connectivity index (χ1v) is 11.8. The third-order valence-corrected chi connectivity index (χ3v) is 8.05. The number of hydrogen-bond donors (Lipinski definition) is 2. The summed E-state index contributed by atoms with van der Waals surface area (Å²) >= 11 is 0. The molecule has 5 nitrogen and oxygen atoms in total. The van der Waals surface area contributed by atoms with Gasteiger partial charge in [0.25, 0.3) is 5.91 Å². The lowest BCUT2D eigenvalue weighted by Crippen LogP contribution is -2.40. The second-order valence-corrected chi connectivity index (χ2v) is 10.3. The molecule has 4 rings (SSSR count). The summed E-state index contributed by atoms with van der Waals surface area (Å²) in [5.41, 5.74) is 2.15. The van der Waals surface area contributed by atoms with Crippen molar-refractivity contribution in [1.82, 2.24) is 4.72 Å². The van der Waals surface area contributed by atoms with Crippen molar-refractivity contribution in [2.45, 2.75) is 50.5 Å². The van der Waals surface area contributed by atoms with E-state index in [1.165, 1.54) is 19.3 Å². The van der Waals surface area contributed by atoms with Gasteiger partial charge in [-0.2, -0.15) is 0 Å². The molecule has 0 aromatic heterocycles. The zero-order chi connectivity index (χ0) is 20.6. The number of fused-ring (bicyclic) bond motifs is 2. The molecule has 0 saturated heterocycles. The minimum atomic E-state index is -3.58. The van der Waals surface area contributed by atoms with Crippen molar-refractivity contribution in [3.63, 3.8) is 0 Å². The van der Waals surface area contributed by atoms with E-state index in [0.29, 0.717) is 23.1 Å². The Kier molecular flexibility index (Phi) is 5.49. The second kappa shape index (κ2) is 7.92. The van der Waals surface area contributed by atoms with Gasteiger partial charge in [-0.25, -0.2) is 13.1 Å². The molecule has 0 aliphatic heterocycles. The van der Waals surface area contributed by atoms with Gasteiger partial charge >= 0.3 is 0 Å². The third kappa shape index (κ3) is 4.38. The largest absolute Gasteiger partial charge is 0.322 e. The maximum atomic E-state index is 12.8. The van der Waals surface area contributed by atoms with Gasteiger partial charge in [-0.1, -0.05) is 24.1 Å². The van der Waals surface area contributed by atoms with E-state index < -0.39 is 10.0 Å². The first-order valence-electron chi connectivity index (χ1n) is 10.3. The fourth-order valence-corrected chi connectivity index (χ4v) is 6.31. The van der Waals surface area contributed by atoms with Crippen LogP contribution in [-0.2, 0) is 10.0 Å². The van der Waals surface area contributed by atoms with Crippen molar-refractivity contribution in [1.29, 1.82) is 0 Å². The summed E-state index contributed by atoms with van der Waals surface area (Å²) in [5, 5.41) is 2.81. The summed E-state index contributed by atoms with van der Waals surface area (Å²) in [4.78, 5) is 12.6. The van der Waals surface area contributed by atoms with E-state index in [1.54, 1.807) is 30.3 Å². The van der Waals surface area contributed by atoms with Gasteiger partial charge in [0.2, 0.25) is 10.0 Å². The van der Waals surface area contributed by atoms with Gasteiger partial charge in [-0.3, -0.25) is 4.79 Å². The summed E-state index contributed by atoms with van der Waals surface area (Å²) in [7, 11) is -3.58. The van der Waals surface area contributed by atoms with Crippen LogP contribution in [0.25, 0.3) is 0 Å². The standard InChI is InChI=1S/C23H28N2O3S/c1-15-4-3-5-19(12-15)23(26)24-20-8-10-21(11-9-20)29(27,28)25-16(2)22-14-17-6-7-18(22)13-17/h3-5,8-12,16-18,22,25H,6-7,13-14H2,1-2H3,(H,24,26)/t16-,17-,18-,22+/m1/s1. The summed E-state index contributed by atoms with van der Waals surface area (Å²) < 4.78 is 28.5. The molecule has 6 heteroatoms. The van der Waals surface area contributed by atoms with Crippen molar-refractivity contribution < 1.29 is 13.2 Å². The van der Waals surface area contributed by atoms with Crippen LogP contribution in [0.1, 0.15) is 48.5 Å². The number of anilines is 1. The Labute approximate surface area is 173 Å². The van der Waals surface area contributed by atoms with E-state index in [4.69, 9.17) is 0 Å². The highest BCUT2D eigenvalue weighted by Crippen LogP contribution is 2.49. The number of sulfonamides is 1. The predicted molar refractivity (Wildman–Crippen MR) is 114 cm³/mol. The average molecular weight is 413 g/mol. The minimum absolute atomic E-state index is 0.0593. The van der Waals surface area contributed by atoms with Crippen LogP contribution in [0.15, 0.2) is 53.4 Å². The highest BCUT2D eigenvalue weighted by molar-refractivity contribution is 7.89. The highest BCUT2D eigenvalue weighted by atomic mass is 32.2. The third-order valence-electron chi connectivity index (χ3n) is 6.48. The Hall–Kier alpha value is -2.18. The molecule has 2 fully saturated rings. The Bertz CT molecular complexity index is 1000. The van der Waals surface area contributed by atoms with Crippen LogP contribution in [0.5, 0.6) is 0 Å². The van der Waals surface area contributed by atoms with Gasteiger partial charge in [0.1, 0.15) is 0 Å². The van der Waals surface area contributed by atoms with Crippen molar-refractivity contribution in [3.8, 4) is 0 Å². The molecule has 0 unspecified atom stereocenters. The van der Waals surface area contributed by atoms with E-state index in [1.807, 2.05) is 32.0 Å². The molecule has 4 atom stereocenters. The van der Waals surface area contributed by atoms with Gasteiger partial charge in [0.05, 0.1) is 4.90 Å². The van der Waals surface area contributed by atoms with E-state index in [0.717, 1.165) is 17.9 Å². The van der Waals surface area contributed by atoms with Gasteiger partial charge in [-0.05, 0) is 87.3 Å². The number of aryl methyl sites for hydroxylation is 1. The lowest BCUT2D eigenvalue weighted by atomic mass is 9.84. The Morgan fingerprint density at radius 2 is 1.83 bits per heavy atom. The Balaban J connectivity index is 1.40. The molecule has 29 heavy (non-hydrogen) atoms. The van der Waals surface area contributed by atoms with Crippen molar-refractivity contribution in [2.75, 3.05) is 5.32 Å². The van der Waals surface area contributed by atoms with E-state index in [-0.39, 0.29) is 16.8 Å². The molecule has 2 aromatic rings. The highest BCUT2D eigenvalue weighted by Gasteiger charge is 2.42. The Morgan fingerprint density at radius 3 is 2.45 bits per heavy atom. The van der Waals surface area contributed by atoms with Gasteiger partial charge in [-0.15, -0.1) is 0 Å². The van der Waals surface area contributed by atoms with Crippen molar-refractivity contribution in [3.05, 3.63) is 59.7 Å². The molecule has 2 aliphatic rings. The molecule has 0 spiro atoms. The van der Waals surface area contributed by atoms with E-state index >= 15 is 0 Å². The van der Waals surface area contributed by atoms with Crippen molar-refractivity contribution in [2.24, 2.45) is 17.8 Å². The molecule has 2 saturated carbocycles. The monoisotopic (exact) mass is 412 g/mol. The summed E-state index contributed by atoms with van der Waals surface area (Å²) in [5.74, 6) is 1.67. The summed E-state index contributed by atoms with van der Waals surface area (Å²) in [6.45, 7) is 3.92. The number of nitrogens with one attached hydrogen (secondary N) is 2. The number of carbonyl (C=O) groups excluding carboxylic acids is 1. The smallest absolute Gasteiger partial charge is 0.255 e. The molecule has 2 bridgehead atoms. The van der Waals surface area contributed by atoms with Crippen LogP contribution in [0.4, 0.5) is 5.69 Å². The zero-order valence-corrected chi connectivity index (χ0v) is 17.7. The van der Waals surface area contributed by atoms with Gasteiger partial charge in [0.15, 0.2) is 0 Å². The molecule has 2 aliphatic carbocycles. The topological polar surface area (TPSA) is 75.3 Å². The quantitative estimate of drug-likeness (QED) is 0.741. The maximum absolute atomic E-state index is 12.8. The average Bonchev–Trinajstić information content (AvgIpc) is 3.32. The number of hydrogen-bond acceptors (Lipinski definition) is 3. The van der Waals surface area contributed by atoms with E-state index in [9.17, 15) is 13.2 Å². The molecular formula is C23H28N2O3S. The number of rotatable bonds is 6. The first-order chi connectivity index (χ1) is 13.8. The number of amides is 1. The lowest BCUT2D eigenvalue weighted by Gasteiger charge is -2.28.